The summed E-state index contributed by atoms with van der Waals surface area (Å²) in [6, 6.07) is 0. The molecule has 1 aliphatic rings. The van der Waals surface area contributed by atoms with Crippen LogP contribution in [0.4, 0.5) is 0 Å². The number of cyclic esters (lactones) is 1. The first-order valence-electron chi connectivity index (χ1n) is 14.8. The van der Waals surface area contributed by atoms with Crippen molar-refractivity contribution in [2.24, 2.45) is 41.4 Å². The van der Waals surface area contributed by atoms with Gasteiger partial charge in [0.15, 0.2) is 0 Å². The normalized spacial score (nSPS) is 28.7. The summed E-state index contributed by atoms with van der Waals surface area (Å²) < 4.78 is 10.7. The van der Waals surface area contributed by atoms with Crippen molar-refractivity contribution in [1.82, 2.24) is 0 Å². The van der Waals surface area contributed by atoms with E-state index < -0.39 is 48.5 Å². The van der Waals surface area contributed by atoms with Crippen LogP contribution in [-0.4, -0.2) is 69.5 Å². The lowest BCUT2D eigenvalue weighted by Gasteiger charge is -2.36. The van der Waals surface area contributed by atoms with Gasteiger partial charge in [0.05, 0.1) is 30.3 Å². The van der Waals surface area contributed by atoms with Crippen LogP contribution in [0.2, 0.25) is 0 Å². The largest absolute Gasteiger partial charge is 0.464 e. The fourth-order valence-electron chi connectivity index (χ4n) is 5.76. The Morgan fingerprint density at radius 1 is 1.00 bits per heavy atom. The summed E-state index contributed by atoms with van der Waals surface area (Å²) in [5.41, 5.74) is 1.03. The van der Waals surface area contributed by atoms with Crippen LogP contribution in [0.5, 0.6) is 0 Å². The molecule has 234 valence electrons. The Kier molecular flexibility index (Phi) is 15.8. The summed E-state index contributed by atoms with van der Waals surface area (Å²) in [6.45, 7) is 19.1. The van der Waals surface area contributed by atoms with E-state index in [1.54, 1.807) is 38.2 Å². The van der Waals surface area contributed by atoms with Crippen molar-refractivity contribution >= 4 is 12.4 Å². The molecule has 0 bridgehead atoms. The first kappa shape index (κ1) is 36.8. The number of aliphatic hydroxyl groups excluding tert-OH is 4. The number of ether oxygens (including phenoxy) is 2. The molecule has 0 aliphatic carbocycles. The number of esters is 1. The van der Waals surface area contributed by atoms with Crippen molar-refractivity contribution in [2.75, 3.05) is 0 Å². The fourth-order valence-corrected chi connectivity index (χ4v) is 5.76. The van der Waals surface area contributed by atoms with E-state index in [-0.39, 0.29) is 41.9 Å². The van der Waals surface area contributed by atoms with E-state index in [0.29, 0.717) is 12.9 Å². The van der Waals surface area contributed by atoms with E-state index in [9.17, 15) is 30.0 Å². The van der Waals surface area contributed by atoms with Gasteiger partial charge in [0, 0.05) is 36.0 Å². The molecule has 0 saturated carbocycles. The number of carbonyl (C=O) groups is 2. The SMILES string of the molecule is C=C/C=C\[C@H](C)[C@H](OC=O)C(C)[C@H](O)C(C)C/C(C)=C\[C@H](C)[C@@H](O)[C@@H](C)/C=C\[C@@H](O)C[C@@H]1OC(=O)[C@H](C)[C@@H](O)C1C. The van der Waals surface area contributed by atoms with Crippen molar-refractivity contribution < 1.29 is 39.5 Å². The molecule has 13 atom stereocenters. The number of rotatable bonds is 17. The molecule has 0 aromatic carbocycles. The Morgan fingerprint density at radius 2 is 1.63 bits per heavy atom. The second kappa shape index (κ2) is 17.6. The van der Waals surface area contributed by atoms with E-state index in [1.807, 2.05) is 53.7 Å². The Hall–Kier alpha value is -2.26. The number of hydrogen-bond acceptors (Lipinski definition) is 8. The van der Waals surface area contributed by atoms with E-state index in [0.717, 1.165) is 5.57 Å². The molecule has 1 heterocycles. The molecule has 8 nitrogen and oxygen atoms in total. The van der Waals surface area contributed by atoms with Crippen LogP contribution in [0.25, 0.3) is 0 Å². The van der Waals surface area contributed by atoms with Crippen molar-refractivity contribution in [1.29, 1.82) is 0 Å². The van der Waals surface area contributed by atoms with E-state index in [2.05, 4.69) is 6.58 Å². The van der Waals surface area contributed by atoms with Gasteiger partial charge < -0.3 is 29.9 Å². The van der Waals surface area contributed by atoms with Crippen LogP contribution < -0.4 is 0 Å². The van der Waals surface area contributed by atoms with Crippen LogP contribution >= 0.6 is 0 Å². The third kappa shape index (κ3) is 11.2. The minimum Gasteiger partial charge on any atom is -0.464 e. The molecule has 0 aromatic rings. The van der Waals surface area contributed by atoms with Crippen LogP contribution in [0.15, 0.2) is 48.6 Å². The van der Waals surface area contributed by atoms with Crippen LogP contribution in [0, 0.1) is 41.4 Å². The van der Waals surface area contributed by atoms with E-state index >= 15 is 0 Å². The van der Waals surface area contributed by atoms with Gasteiger partial charge in [0.1, 0.15) is 12.2 Å². The number of allylic oxidation sites excluding steroid dienone is 3. The average molecular weight is 579 g/mol. The molecule has 0 amide bonds. The standard InChI is InChI=1S/C33H54O8/c1-10-11-12-21(4)32(40-18-34)25(8)30(37)23(6)16-19(2)15-22(5)29(36)20(3)13-14-27(35)17-28-24(7)31(38)26(9)33(39)41-28/h10-15,18,20-32,35-38H,1,16-17H2,2-9H3/b12-11-,14-13-,19-15-/t20-,21-,22-,23?,24?,25?,26+,27+,28-,29-,30+,31-,32-/m0/s1. The van der Waals surface area contributed by atoms with Gasteiger partial charge in [-0.25, -0.2) is 0 Å². The van der Waals surface area contributed by atoms with Gasteiger partial charge in [-0.15, -0.1) is 0 Å². The maximum Gasteiger partial charge on any atom is 0.311 e. The summed E-state index contributed by atoms with van der Waals surface area (Å²) >= 11 is 0. The van der Waals surface area contributed by atoms with E-state index in [4.69, 9.17) is 9.47 Å². The van der Waals surface area contributed by atoms with Crippen molar-refractivity contribution in [2.45, 2.75) is 105 Å². The Morgan fingerprint density at radius 3 is 2.22 bits per heavy atom. The van der Waals surface area contributed by atoms with Crippen LogP contribution in [0.3, 0.4) is 0 Å². The molecule has 4 N–H and O–H groups in total. The highest BCUT2D eigenvalue weighted by molar-refractivity contribution is 5.73. The first-order valence-corrected chi connectivity index (χ1v) is 14.8. The van der Waals surface area contributed by atoms with Gasteiger partial charge in [-0.2, -0.15) is 0 Å². The fraction of sp³-hybridized carbons (Fsp3) is 0.697. The minimum absolute atomic E-state index is 0.0914. The summed E-state index contributed by atoms with van der Waals surface area (Å²) in [5.74, 6) is -2.26. The molecule has 1 saturated heterocycles. The quantitative estimate of drug-likeness (QED) is 0.0865. The molecular formula is C33H54O8. The Balaban J connectivity index is 2.73. The predicted octanol–water partition coefficient (Wildman–Crippen LogP) is 4.37. The molecule has 1 rings (SSSR count). The summed E-state index contributed by atoms with van der Waals surface area (Å²) in [4.78, 5) is 23.1. The number of aliphatic hydroxyl groups is 4. The molecule has 1 fully saturated rings. The monoisotopic (exact) mass is 578 g/mol. The van der Waals surface area contributed by atoms with Crippen LogP contribution in [-0.2, 0) is 19.1 Å². The Labute approximate surface area is 246 Å². The second-order valence-electron chi connectivity index (χ2n) is 12.2. The molecule has 3 unspecified atom stereocenters. The maximum atomic E-state index is 12.0. The smallest absolute Gasteiger partial charge is 0.311 e. The van der Waals surface area contributed by atoms with Crippen LogP contribution in [0.1, 0.15) is 68.2 Å². The lowest BCUT2D eigenvalue weighted by Crippen LogP contribution is -2.47. The van der Waals surface area contributed by atoms with Gasteiger partial charge >= 0.3 is 5.97 Å². The summed E-state index contributed by atoms with van der Waals surface area (Å²) in [5, 5.41) is 42.7. The molecule has 41 heavy (non-hydrogen) atoms. The minimum atomic E-state index is -0.885. The lowest BCUT2D eigenvalue weighted by molar-refractivity contribution is -0.179. The number of hydrogen-bond donors (Lipinski definition) is 4. The molecule has 0 aromatic heterocycles. The molecule has 0 radical (unpaired) electrons. The predicted molar refractivity (Wildman–Crippen MR) is 160 cm³/mol. The molecule has 0 spiro atoms. The lowest BCUT2D eigenvalue weighted by atomic mass is 9.81. The maximum absolute atomic E-state index is 12.0. The second-order valence-corrected chi connectivity index (χ2v) is 12.2. The summed E-state index contributed by atoms with van der Waals surface area (Å²) in [6.07, 6.45) is 7.33. The van der Waals surface area contributed by atoms with Gasteiger partial charge in [-0.3, -0.25) is 9.59 Å². The van der Waals surface area contributed by atoms with Gasteiger partial charge in [-0.05, 0) is 26.2 Å². The van der Waals surface area contributed by atoms with Gasteiger partial charge in [0.25, 0.3) is 6.47 Å². The highest BCUT2D eigenvalue weighted by Gasteiger charge is 2.40. The first-order chi connectivity index (χ1) is 19.2. The third-order valence-corrected chi connectivity index (χ3v) is 8.58. The highest BCUT2D eigenvalue weighted by Crippen LogP contribution is 2.30. The molecular weight excluding hydrogens is 524 g/mol. The van der Waals surface area contributed by atoms with Gasteiger partial charge in [0.2, 0.25) is 0 Å². The third-order valence-electron chi connectivity index (χ3n) is 8.58. The average Bonchev–Trinajstić information content (AvgIpc) is 2.93. The van der Waals surface area contributed by atoms with Crippen molar-refractivity contribution in [3.05, 3.63) is 48.6 Å². The zero-order chi connectivity index (χ0) is 31.4. The van der Waals surface area contributed by atoms with Crippen molar-refractivity contribution in [3.8, 4) is 0 Å². The zero-order valence-corrected chi connectivity index (χ0v) is 26.1. The summed E-state index contributed by atoms with van der Waals surface area (Å²) in [7, 11) is 0. The van der Waals surface area contributed by atoms with Crippen molar-refractivity contribution in [3.63, 3.8) is 0 Å². The zero-order valence-electron chi connectivity index (χ0n) is 26.1. The van der Waals surface area contributed by atoms with Gasteiger partial charge in [-0.1, -0.05) is 90.2 Å². The topological polar surface area (TPSA) is 134 Å². The van der Waals surface area contributed by atoms with E-state index in [1.165, 1.54) is 0 Å². The number of carbonyl (C=O) groups excluding carboxylic acids is 2. The molecule has 1 aliphatic heterocycles. The Bertz CT molecular complexity index is 911. The highest BCUT2D eigenvalue weighted by atomic mass is 16.6. The molecule has 8 heteroatoms.